The van der Waals surface area contributed by atoms with Gasteiger partial charge in [-0.15, -0.1) is 21.5 Å². The van der Waals surface area contributed by atoms with Crippen molar-refractivity contribution in [2.24, 2.45) is 0 Å². The highest BCUT2D eigenvalue weighted by Crippen LogP contribution is 2.32. The Morgan fingerprint density at radius 2 is 2.19 bits per heavy atom. The van der Waals surface area contributed by atoms with E-state index in [0.29, 0.717) is 40.8 Å². The molecule has 1 amide bonds. The molecule has 1 atom stereocenters. The van der Waals surface area contributed by atoms with Gasteiger partial charge in [-0.25, -0.2) is 9.97 Å². The number of rotatable bonds is 6. The number of H-pyrrole nitrogens is 1. The number of nitrogens with zero attached hydrogens (tertiary/aromatic N) is 6. The summed E-state index contributed by atoms with van der Waals surface area (Å²) < 4.78 is 7.69. The molecule has 0 saturated heterocycles. The van der Waals surface area contributed by atoms with Crippen molar-refractivity contribution < 1.29 is 9.21 Å². The van der Waals surface area contributed by atoms with Gasteiger partial charge in [-0.2, -0.15) is 5.10 Å². The zero-order chi connectivity index (χ0) is 22.2. The van der Waals surface area contributed by atoms with Crippen LogP contribution >= 0.6 is 11.3 Å². The lowest BCUT2D eigenvalue weighted by Crippen LogP contribution is -2.27. The minimum atomic E-state index is -0.346. The molecule has 5 heterocycles. The van der Waals surface area contributed by atoms with Gasteiger partial charge in [-0.05, 0) is 32.0 Å². The van der Waals surface area contributed by atoms with Gasteiger partial charge < -0.3 is 9.73 Å². The SMILES string of the molecule is CCc1nnc(-c2cc(C(=O)NC(C)c3ncn[nH]3)cn3c(-c4ccc(C)s4)cnc23)o1. The Hall–Kier alpha value is -3.86. The second kappa shape index (κ2) is 8.00. The van der Waals surface area contributed by atoms with E-state index in [4.69, 9.17) is 4.42 Å². The molecule has 1 unspecified atom stereocenters. The monoisotopic (exact) mass is 448 g/mol. The first-order valence-corrected chi connectivity index (χ1v) is 10.9. The average Bonchev–Trinajstić information content (AvgIpc) is 3.59. The van der Waals surface area contributed by atoms with Crippen molar-refractivity contribution in [2.75, 3.05) is 0 Å². The van der Waals surface area contributed by atoms with E-state index in [1.54, 1.807) is 29.8 Å². The van der Waals surface area contributed by atoms with Crippen LogP contribution in [0.4, 0.5) is 0 Å². The van der Waals surface area contributed by atoms with Crippen LogP contribution in [0.25, 0.3) is 27.7 Å². The number of thiophene rings is 1. The van der Waals surface area contributed by atoms with Crippen LogP contribution < -0.4 is 5.32 Å². The first kappa shape index (κ1) is 20.1. The Kier molecular flexibility index (Phi) is 5.02. The summed E-state index contributed by atoms with van der Waals surface area (Å²) in [6, 6.07) is 5.48. The number of aromatic amines is 1. The molecule has 5 rings (SSSR count). The van der Waals surface area contributed by atoms with Gasteiger partial charge in [0.15, 0.2) is 0 Å². The number of carbonyl (C=O) groups is 1. The lowest BCUT2D eigenvalue weighted by Gasteiger charge is -2.12. The highest BCUT2D eigenvalue weighted by Gasteiger charge is 2.21. The highest BCUT2D eigenvalue weighted by atomic mass is 32.1. The maximum Gasteiger partial charge on any atom is 0.253 e. The number of hydrogen-bond donors (Lipinski definition) is 2. The summed E-state index contributed by atoms with van der Waals surface area (Å²) in [6.45, 7) is 5.83. The molecule has 5 aromatic rings. The van der Waals surface area contributed by atoms with Gasteiger partial charge in [0.2, 0.25) is 5.89 Å². The van der Waals surface area contributed by atoms with Crippen molar-refractivity contribution in [1.29, 1.82) is 0 Å². The third-order valence-corrected chi connectivity index (χ3v) is 6.08. The Balaban J connectivity index is 1.62. The molecule has 2 N–H and O–H groups in total. The normalized spacial score (nSPS) is 12.3. The van der Waals surface area contributed by atoms with Gasteiger partial charge in [-0.3, -0.25) is 14.3 Å². The number of nitrogens with one attached hydrogen (secondary N) is 2. The fraction of sp³-hybridized carbons (Fsp3) is 0.238. The molecule has 0 aliphatic rings. The maximum absolute atomic E-state index is 13.1. The smallest absolute Gasteiger partial charge is 0.253 e. The minimum absolute atomic E-state index is 0.269. The van der Waals surface area contributed by atoms with Crippen molar-refractivity contribution in [3.8, 4) is 22.0 Å². The highest BCUT2D eigenvalue weighted by molar-refractivity contribution is 7.15. The summed E-state index contributed by atoms with van der Waals surface area (Å²) in [5.41, 5.74) is 2.55. The van der Waals surface area contributed by atoms with Crippen LogP contribution in [0.5, 0.6) is 0 Å². The van der Waals surface area contributed by atoms with Gasteiger partial charge in [0, 0.05) is 17.5 Å². The first-order valence-electron chi connectivity index (χ1n) is 10.1. The quantitative estimate of drug-likeness (QED) is 0.406. The van der Waals surface area contributed by atoms with Crippen LogP contribution in [0, 0.1) is 6.92 Å². The van der Waals surface area contributed by atoms with Crippen molar-refractivity contribution in [2.45, 2.75) is 33.2 Å². The van der Waals surface area contributed by atoms with Gasteiger partial charge in [0.05, 0.1) is 33.9 Å². The standard InChI is InChI=1S/C21H20N8O2S/c1-4-17-26-28-21(31-17)14-7-13(20(30)25-12(3)18-23-10-24-27-18)9-29-15(8-22-19(14)29)16-6-5-11(2)32-16/h5-10,12H,4H2,1-3H3,(H,25,30)(H,23,24,27). The second-order valence-corrected chi connectivity index (χ2v) is 8.60. The molecular weight excluding hydrogens is 428 g/mol. The molecule has 0 radical (unpaired) electrons. The second-order valence-electron chi connectivity index (χ2n) is 7.31. The van der Waals surface area contributed by atoms with Gasteiger partial charge in [0.1, 0.15) is 17.8 Å². The first-order chi connectivity index (χ1) is 15.5. The van der Waals surface area contributed by atoms with Crippen molar-refractivity contribution in [1.82, 2.24) is 40.1 Å². The molecule has 0 aliphatic carbocycles. The van der Waals surface area contributed by atoms with Crippen molar-refractivity contribution in [3.63, 3.8) is 0 Å². The molecule has 0 bridgehead atoms. The molecule has 11 heteroatoms. The Labute approximate surface area is 186 Å². The van der Waals surface area contributed by atoms with E-state index in [1.807, 2.05) is 24.3 Å². The Morgan fingerprint density at radius 1 is 1.31 bits per heavy atom. The largest absolute Gasteiger partial charge is 0.421 e. The van der Waals surface area contributed by atoms with Gasteiger partial charge >= 0.3 is 0 Å². The van der Waals surface area contributed by atoms with E-state index in [-0.39, 0.29) is 11.9 Å². The zero-order valence-electron chi connectivity index (χ0n) is 17.7. The Bertz CT molecular complexity index is 1400. The van der Waals surface area contributed by atoms with Crippen LogP contribution in [0.2, 0.25) is 0 Å². The molecule has 0 fully saturated rings. The van der Waals surface area contributed by atoms with E-state index < -0.39 is 0 Å². The van der Waals surface area contributed by atoms with Crippen molar-refractivity contribution in [3.05, 3.63) is 59.1 Å². The van der Waals surface area contributed by atoms with E-state index >= 15 is 0 Å². The third-order valence-electron chi connectivity index (χ3n) is 5.05. The van der Waals surface area contributed by atoms with E-state index in [1.165, 1.54) is 11.2 Å². The van der Waals surface area contributed by atoms with Crippen LogP contribution in [0.3, 0.4) is 0 Å². The van der Waals surface area contributed by atoms with Crippen LogP contribution in [-0.4, -0.2) is 40.7 Å². The average molecular weight is 449 g/mol. The summed E-state index contributed by atoms with van der Waals surface area (Å²) in [5, 5.41) is 17.8. The number of aromatic nitrogens is 7. The van der Waals surface area contributed by atoms with E-state index in [9.17, 15) is 4.79 Å². The summed E-state index contributed by atoms with van der Waals surface area (Å²) in [4.78, 5) is 24.1. The molecule has 5 aromatic heterocycles. The number of fused-ring (bicyclic) bond motifs is 1. The van der Waals surface area contributed by atoms with Crippen molar-refractivity contribution >= 4 is 22.9 Å². The third kappa shape index (κ3) is 3.56. The van der Waals surface area contributed by atoms with Gasteiger partial charge in [-0.1, -0.05) is 6.92 Å². The van der Waals surface area contributed by atoms with Crippen LogP contribution in [-0.2, 0) is 6.42 Å². The summed E-state index contributed by atoms with van der Waals surface area (Å²) >= 11 is 1.66. The molecule has 0 aliphatic heterocycles. The van der Waals surface area contributed by atoms with Crippen LogP contribution in [0.15, 0.2) is 41.3 Å². The van der Waals surface area contributed by atoms with E-state index in [0.717, 1.165) is 10.6 Å². The summed E-state index contributed by atoms with van der Waals surface area (Å²) in [5.74, 6) is 1.15. The minimum Gasteiger partial charge on any atom is -0.421 e. The number of imidazole rings is 1. The molecule has 162 valence electrons. The molecular formula is C21H20N8O2S. The topological polar surface area (TPSA) is 127 Å². The lowest BCUT2D eigenvalue weighted by molar-refractivity contribution is 0.0938. The zero-order valence-corrected chi connectivity index (χ0v) is 18.5. The molecule has 0 aromatic carbocycles. The molecule has 10 nitrogen and oxygen atoms in total. The summed E-state index contributed by atoms with van der Waals surface area (Å²) in [6.07, 6.45) is 5.59. The van der Waals surface area contributed by atoms with Gasteiger partial charge in [0.25, 0.3) is 11.8 Å². The number of aryl methyl sites for hydroxylation is 2. The molecule has 32 heavy (non-hydrogen) atoms. The fourth-order valence-corrected chi connectivity index (χ4v) is 4.28. The van der Waals surface area contributed by atoms with Crippen LogP contribution in [0.1, 0.15) is 46.8 Å². The number of pyridine rings is 1. The molecule has 0 saturated carbocycles. The number of amides is 1. The summed E-state index contributed by atoms with van der Waals surface area (Å²) in [7, 11) is 0. The predicted octanol–water partition coefficient (Wildman–Crippen LogP) is 3.59. The van der Waals surface area contributed by atoms with E-state index in [2.05, 4.69) is 48.7 Å². The molecule has 0 spiro atoms. The predicted molar refractivity (Wildman–Crippen MR) is 118 cm³/mol. The Morgan fingerprint density at radius 3 is 2.88 bits per heavy atom. The number of hydrogen-bond acceptors (Lipinski definition) is 8. The maximum atomic E-state index is 13.1. The number of carbonyl (C=O) groups excluding carboxylic acids is 1. The fourth-order valence-electron chi connectivity index (χ4n) is 3.40. The lowest BCUT2D eigenvalue weighted by atomic mass is 10.1.